The fourth-order valence-electron chi connectivity index (χ4n) is 3.29. The van der Waals surface area contributed by atoms with Gasteiger partial charge in [0.2, 0.25) is 10.0 Å². The third-order valence-corrected chi connectivity index (χ3v) is 6.80. The maximum Gasteiger partial charge on any atom is 0.255 e. The van der Waals surface area contributed by atoms with E-state index >= 15 is 0 Å². The van der Waals surface area contributed by atoms with Gasteiger partial charge in [0.1, 0.15) is 5.75 Å². The lowest BCUT2D eigenvalue weighted by molar-refractivity contribution is 0.0730. The first-order chi connectivity index (χ1) is 14.5. The molecule has 3 aromatic rings. The van der Waals surface area contributed by atoms with Crippen LogP contribution in [0.15, 0.2) is 59.6 Å². The number of benzene rings is 2. The Hall–Kier alpha value is -3.01. The number of ether oxygens (including phenoxy) is 2. The number of hydrogen-bond acceptors (Lipinski definition) is 6. The largest absolute Gasteiger partial charge is 0.497 e. The fraction of sp³-hybridized carbons (Fsp3) is 0.238. The van der Waals surface area contributed by atoms with Crippen LogP contribution < -0.4 is 10.1 Å². The Morgan fingerprint density at radius 1 is 1.13 bits per heavy atom. The summed E-state index contributed by atoms with van der Waals surface area (Å²) in [4.78, 5) is 17.3. The smallest absolute Gasteiger partial charge is 0.255 e. The van der Waals surface area contributed by atoms with Gasteiger partial charge in [0.15, 0.2) is 0 Å². The van der Waals surface area contributed by atoms with E-state index in [0.29, 0.717) is 43.3 Å². The number of aromatic nitrogens is 1. The van der Waals surface area contributed by atoms with Crippen LogP contribution in [0.2, 0.25) is 0 Å². The van der Waals surface area contributed by atoms with E-state index in [1.807, 2.05) is 0 Å². The van der Waals surface area contributed by atoms with Crippen LogP contribution in [0.5, 0.6) is 5.75 Å². The highest BCUT2D eigenvalue weighted by Crippen LogP contribution is 2.26. The van der Waals surface area contributed by atoms with Crippen LogP contribution in [-0.4, -0.2) is 57.0 Å². The highest BCUT2D eigenvalue weighted by Gasteiger charge is 2.27. The quantitative estimate of drug-likeness (QED) is 0.672. The maximum atomic E-state index is 12.9. The molecule has 0 radical (unpaired) electrons. The van der Waals surface area contributed by atoms with Crippen molar-refractivity contribution in [2.24, 2.45) is 0 Å². The number of pyridine rings is 1. The van der Waals surface area contributed by atoms with Crippen LogP contribution in [-0.2, 0) is 14.8 Å². The third kappa shape index (κ3) is 4.00. The minimum atomic E-state index is -3.69. The van der Waals surface area contributed by atoms with Crippen molar-refractivity contribution in [2.75, 3.05) is 38.7 Å². The van der Waals surface area contributed by atoms with Gasteiger partial charge < -0.3 is 14.8 Å². The zero-order valence-corrected chi connectivity index (χ0v) is 17.2. The number of nitrogens with zero attached hydrogens (tertiary/aromatic N) is 2. The van der Waals surface area contributed by atoms with E-state index in [-0.39, 0.29) is 10.5 Å². The van der Waals surface area contributed by atoms with Crippen molar-refractivity contribution in [3.05, 3.63) is 60.3 Å². The molecule has 4 rings (SSSR count). The van der Waals surface area contributed by atoms with Gasteiger partial charge in [-0.2, -0.15) is 4.31 Å². The number of rotatable bonds is 5. The fourth-order valence-corrected chi connectivity index (χ4v) is 4.74. The molecule has 1 amide bonds. The molecule has 0 spiro atoms. The summed E-state index contributed by atoms with van der Waals surface area (Å²) in [5.74, 6) is 0.231. The summed E-state index contributed by atoms with van der Waals surface area (Å²) in [6.45, 7) is 1.31. The molecular formula is C21H21N3O5S. The zero-order chi connectivity index (χ0) is 21.1. The Morgan fingerprint density at radius 3 is 2.70 bits per heavy atom. The molecule has 30 heavy (non-hydrogen) atoms. The van der Waals surface area contributed by atoms with E-state index in [4.69, 9.17) is 9.47 Å². The summed E-state index contributed by atoms with van der Waals surface area (Å²) in [6.07, 6.45) is 1.60. The Balaban J connectivity index is 1.62. The lowest BCUT2D eigenvalue weighted by Gasteiger charge is -2.26. The minimum Gasteiger partial charge on any atom is -0.497 e. The number of methoxy groups -OCH3 is 1. The molecule has 8 nitrogen and oxygen atoms in total. The monoisotopic (exact) mass is 427 g/mol. The van der Waals surface area contributed by atoms with Crippen molar-refractivity contribution < 1.29 is 22.7 Å². The van der Waals surface area contributed by atoms with Gasteiger partial charge in [-0.15, -0.1) is 0 Å². The SMILES string of the molecule is COc1ccc2nccc(NC(=O)c3cccc(S(=O)(=O)N4CCOCC4)c3)c2c1. The second-order valence-electron chi connectivity index (χ2n) is 6.74. The van der Waals surface area contributed by atoms with Crippen LogP contribution in [0.25, 0.3) is 10.9 Å². The summed E-state index contributed by atoms with van der Waals surface area (Å²) in [5, 5.41) is 3.57. The summed E-state index contributed by atoms with van der Waals surface area (Å²) in [7, 11) is -2.12. The number of nitrogens with one attached hydrogen (secondary N) is 1. The number of morpholine rings is 1. The van der Waals surface area contributed by atoms with Crippen molar-refractivity contribution in [3.8, 4) is 5.75 Å². The minimum absolute atomic E-state index is 0.0818. The van der Waals surface area contributed by atoms with Gasteiger partial charge >= 0.3 is 0 Å². The van der Waals surface area contributed by atoms with Crippen molar-refractivity contribution in [1.29, 1.82) is 0 Å². The highest BCUT2D eigenvalue weighted by atomic mass is 32.2. The first-order valence-corrected chi connectivity index (χ1v) is 10.8. The van der Waals surface area contributed by atoms with Gasteiger partial charge in [-0.1, -0.05) is 6.07 Å². The van der Waals surface area contributed by atoms with Crippen molar-refractivity contribution >= 4 is 32.5 Å². The number of fused-ring (bicyclic) bond motifs is 1. The standard InChI is InChI=1S/C21H21N3O5S/c1-28-16-5-6-19-18(14-16)20(7-8-22-19)23-21(25)15-3-2-4-17(13-15)30(26,27)24-9-11-29-12-10-24/h2-8,13-14H,9-12H2,1H3,(H,22,23,25). The average molecular weight is 427 g/mol. The molecule has 0 bridgehead atoms. The molecule has 156 valence electrons. The molecule has 1 aromatic heterocycles. The van der Waals surface area contributed by atoms with E-state index < -0.39 is 15.9 Å². The molecule has 0 unspecified atom stereocenters. The van der Waals surface area contributed by atoms with Crippen LogP contribution in [0.3, 0.4) is 0 Å². The predicted molar refractivity (Wildman–Crippen MR) is 112 cm³/mol. The number of carbonyl (C=O) groups excluding carboxylic acids is 1. The third-order valence-electron chi connectivity index (χ3n) is 4.90. The van der Waals surface area contributed by atoms with Crippen LogP contribution >= 0.6 is 0 Å². The van der Waals surface area contributed by atoms with E-state index in [0.717, 1.165) is 5.39 Å². The lowest BCUT2D eigenvalue weighted by Crippen LogP contribution is -2.40. The molecule has 1 saturated heterocycles. The van der Waals surface area contributed by atoms with Crippen molar-refractivity contribution in [2.45, 2.75) is 4.90 Å². The van der Waals surface area contributed by atoms with E-state index in [1.165, 1.54) is 16.4 Å². The summed E-state index contributed by atoms with van der Waals surface area (Å²) < 4.78 is 37.6. The van der Waals surface area contributed by atoms with Gasteiger partial charge in [0, 0.05) is 30.2 Å². The second kappa shape index (κ2) is 8.39. The van der Waals surface area contributed by atoms with Gasteiger partial charge in [0.25, 0.3) is 5.91 Å². The molecule has 2 aromatic carbocycles. The Bertz CT molecular complexity index is 1190. The molecular weight excluding hydrogens is 406 g/mol. The van der Waals surface area contributed by atoms with Gasteiger partial charge in [0.05, 0.1) is 36.4 Å². The normalized spacial score (nSPS) is 15.1. The zero-order valence-electron chi connectivity index (χ0n) is 16.4. The molecule has 1 aliphatic heterocycles. The topological polar surface area (TPSA) is 97.8 Å². The summed E-state index contributed by atoms with van der Waals surface area (Å²) >= 11 is 0. The molecule has 0 atom stereocenters. The van der Waals surface area contributed by atoms with E-state index in [1.54, 1.807) is 49.7 Å². The Kier molecular flexibility index (Phi) is 5.67. The molecule has 1 N–H and O–H groups in total. The molecule has 2 heterocycles. The van der Waals surface area contributed by atoms with Crippen LogP contribution in [0.1, 0.15) is 10.4 Å². The number of sulfonamides is 1. The van der Waals surface area contributed by atoms with Crippen LogP contribution in [0.4, 0.5) is 5.69 Å². The maximum absolute atomic E-state index is 12.9. The van der Waals surface area contributed by atoms with E-state index in [2.05, 4.69) is 10.3 Å². The van der Waals surface area contributed by atoms with Gasteiger partial charge in [-0.3, -0.25) is 9.78 Å². The summed E-state index contributed by atoms with van der Waals surface area (Å²) in [5.41, 5.74) is 1.51. The van der Waals surface area contributed by atoms with E-state index in [9.17, 15) is 13.2 Å². The first-order valence-electron chi connectivity index (χ1n) is 9.41. The second-order valence-corrected chi connectivity index (χ2v) is 8.68. The molecule has 1 aliphatic rings. The number of carbonyl (C=O) groups is 1. The average Bonchev–Trinajstić information content (AvgIpc) is 2.79. The summed E-state index contributed by atoms with van der Waals surface area (Å²) in [6, 6.07) is 13.1. The Morgan fingerprint density at radius 2 is 1.93 bits per heavy atom. The number of amides is 1. The van der Waals surface area contributed by atoms with Gasteiger partial charge in [-0.05, 0) is 42.5 Å². The van der Waals surface area contributed by atoms with Crippen LogP contribution in [0, 0.1) is 0 Å². The lowest BCUT2D eigenvalue weighted by atomic mass is 10.1. The van der Waals surface area contributed by atoms with Crippen molar-refractivity contribution in [1.82, 2.24) is 9.29 Å². The number of hydrogen-bond donors (Lipinski definition) is 1. The molecule has 1 fully saturated rings. The first kappa shape index (κ1) is 20.3. The molecule has 0 aliphatic carbocycles. The molecule has 0 saturated carbocycles. The Labute approximate surface area is 174 Å². The van der Waals surface area contributed by atoms with Crippen molar-refractivity contribution in [3.63, 3.8) is 0 Å². The molecule has 9 heteroatoms. The highest BCUT2D eigenvalue weighted by molar-refractivity contribution is 7.89. The van der Waals surface area contributed by atoms with Gasteiger partial charge in [-0.25, -0.2) is 8.42 Å². The predicted octanol–water partition coefficient (Wildman–Crippen LogP) is 2.52. The number of anilines is 1.